The first-order valence-electron chi connectivity index (χ1n) is 8.55. The van der Waals surface area contributed by atoms with E-state index < -0.39 is 0 Å². The number of aromatic nitrogens is 7. The molecule has 4 heterocycles. The van der Waals surface area contributed by atoms with Crippen LogP contribution < -0.4 is 4.90 Å². The SMILES string of the molecule is C=CC1c2nncn2-c2cnc(-n3cccn3)nc2N1C1CCCC1. The van der Waals surface area contributed by atoms with Crippen molar-refractivity contribution in [3.63, 3.8) is 0 Å². The summed E-state index contributed by atoms with van der Waals surface area (Å²) in [5.41, 5.74) is 0.904. The molecular formula is C17H18N8. The minimum Gasteiger partial charge on any atom is -0.338 e. The molecule has 8 heteroatoms. The lowest BCUT2D eigenvalue weighted by molar-refractivity contribution is 0.528. The molecule has 0 radical (unpaired) electrons. The van der Waals surface area contributed by atoms with Gasteiger partial charge in [0.1, 0.15) is 18.1 Å². The first kappa shape index (κ1) is 14.3. The van der Waals surface area contributed by atoms with Crippen LogP contribution in [0.3, 0.4) is 0 Å². The van der Waals surface area contributed by atoms with Gasteiger partial charge in [-0.2, -0.15) is 10.1 Å². The first-order chi connectivity index (χ1) is 12.4. The molecule has 5 rings (SSSR count). The molecule has 3 aromatic rings. The number of rotatable bonds is 3. The van der Waals surface area contributed by atoms with Gasteiger partial charge in [0.2, 0.25) is 0 Å². The summed E-state index contributed by atoms with van der Waals surface area (Å²) < 4.78 is 3.64. The van der Waals surface area contributed by atoms with Gasteiger partial charge in [-0.05, 0) is 18.9 Å². The fourth-order valence-corrected chi connectivity index (χ4v) is 3.90. The van der Waals surface area contributed by atoms with Gasteiger partial charge in [0.25, 0.3) is 5.95 Å². The van der Waals surface area contributed by atoms with Gasteiger partial charge in [-0.15, -0.1) is 16.8 Å². The highest BCUT2D eigenvalue weighted by Gasteiger charge is 2.38. The Morgan fingerprint density at radius 1 is 1.24 bits per heavy atom. The molecule has 0 aromatic carbocycles. The number of fused-ring (bicyclic) bond motifs is 3. The predicted molar refractivity (Wildman–Crippen MR) is 91.7 cm³/mol. The summed E-state index contributed by atoms with van der Waals surface area (Å²) >= 11 is 0. The van der Waals surface area contributed by atoms with Crippen LogP contribution >= 0.6 is 0 Å². The van der Waals surface area contributed by atoms with Crippen molar-refractivity contribution in [1.82, 2.24) is 34.5 Å². The summed E-state index contributed by atoms with van der Waals surface area (Å²) in [7, 11) is 0. The summed E-state index contributed by atoms with van der Waals surface area (Å²) in [6.45, 7) is 4.05. The van der Waals surface area contributed by atoms with E-state index in [1.165, 1.54) is 12.8 Å². The van der Waals surface area contributed by atoms with Gasteiger partial charge < -0.3 is 4.90 Å². The van der Waals surface area contributed by atoms with Crippen LogP contribution in [0.15, 0.2) is 43.6 Å². The van der Waals surface area contributed by atoms with Crippen LogP contribution in [-0.4, -0.2) is 40.6 Å². The topological polar surface area (TPSA) is 77.5 Å². The van der Waals surface area contributed by atoms with Crippen LogP contribution in [-0.2, 0) is 0 Å². The zero-order valence-corrected chi connectivity index (χ0v) is 13.7. The molecule has 1 fully saturated rings. The van der Waals surface area contributed by atoms with Crippen LogP contribution in [0.4, 0.5) is 5.82 Å². The largest absolute Gasteiger partial charge is 0.338 e. The molecule has 8 nitrogen and oxygen atoms in total. The second kappa shape index (κ2) is 5.51. The first-order valence-corrected chi connectivity index (χ1v) is 8.55. The van der Waals surface area contributed by atoms with Crippen molar-refractivity contribution in [3.8, 4) is 11.6 Å². The zero-order valence-electron chi connectivity index (χ0n) is 13.7. The second-order valence-corrected chi connectivity index (χ2v) is 6.41. The Labute approximate surface area is 144 Å². The lowest BCUT2D eigenvalue weighted by atomic mass is 10.1. The molecule has 0 N–H and O–H groups in total. The van der Waals surface area contributed by atoms with E-state index >= 15 is 0 Å². The average Bonchev–Trinajstić information content (AvgIpc) is 3.42. The van der Waals surface area contributed by atoms with E-state index in [2.05, 4.69) is 31.8 Å². The van der Waals surface area contributed by atoms with Crippen LogP contribution in [0.1, 0.15) is 37.5 Å². The van der Waals surface area contributed by atoms with Crippen molar-refractivity contribution in [2.24, 2.45) is 0 Å². The van der Waals surface area contributed by atoms with Crippen molar-refractivity contribution in [2.75, 3.05) is 4.90 Å². The maximum atomic E-state index is 4.85. The van der Waals surface area contributed by atoms with Crippen LogP contribution in [0.25, 0.3) is 11.6 Å². The van der Waals surface area contributed by atoms with E-state index in [1.54, 1.807) is 17.2 Å². The molecule has 0 spiro atoms. The molecule has 3 aromatic heterocycles. The van der Waals surface area contributed by atoms with E-state index in [1.807, 2.05) is 29.1 Å². The lowest BCUT2D eigenvalue weighted by Crippen LogP contribution is -2.41. The third-order valence-corrected chi connectivity index (χ3v) is 5.03. The molecule has 2 aliphatic rings. The Kier molecular flexibility index (Phi) is 3.16. The number of hydrogen-bond acceptors (Lipinski definition) is 6. The third kappa shape index (κ3) is 2.10. The highest BCUT2D eigenvalue weighted by Crippen LogP contribution is 2.41. The van der Waals surface area contributed by atoms with Gasteiger partial charge in [0.15, 0.2) is 11.6 Å². The lowest BCUT2D eigenvalue weighted by Gasteiger charge is -2.39. The maximum Gasteiger partial charge on any atom is 0.252 e. The molecule has 25 heavy (non-hydrogen) atoms. The maximum absolute atomic E-state index is 4.85. The van der Waals surface area contributed by atoms with E-state index in [0.717, 1.165) is 30.2 Å². The van der Waals surface area contributed by atoms with Crippen molar-refractivity contribution >= 4 is 5.82 Å². The van der Waals surface area contributed by atoms with Gasteiger partial charge >= 0.3 is 0 Å². The normalized spacial score (nSPS) is 19.7. The summed E-state index contributed by atoms with van der Waals surface area (Å²) in [5, 5.41) is 12.7. The standard InChI is InChI=1S/C17H18N8/c1-2-13-16-22-19-11-23(16)14-10-18-17(24-9-5-8-20-24)21-15(14)25(13)12-6-3-4-7-12/h2,5,8-13H,1,3-4,6-7H2. The Morgan fingerprint density at radius 3 is 2.88 bits per heavy atom. The molecule has 0 amide bonds. The molecule has 1 aliphatic heterocycles. The highest BCUT2D eigenvalue weighted by atomic mass is 15.4. The Bertz CT molecular complexity index is 907. The Morgan fingerprint density at radius 2 is 2.12 bits per heavy atom. The monoisotopic (exact) mass is 334 g/mol. The molecule has 1 aliphatic carbocycles. The molecule has 1 saturated carbocycles. The van der Waals surface area contributed by atoms with E-state index in [4.69, 9.17) is 4.98 Å². The summed E-state index contributed by atoms with van der Waals surface area (Å²) in [4.78, 5) is 11.7. The minimum atomic E-state index is -0.0431. The van der Waals surface area contributed by atoms with E-state index in [9.17, 15) is 0 Å². The predicted octanol–water partition coefficient (Wildman–Crippen LogP) is 2.23. The minimum absolute atomic E-state index is 0.0431. The van der Waals surface area contributed by atoms with Crippen molar-refractivity contribution in [3.05, 3.63) is 49.5 Å². The van der Waals surface area contributed by atoms with Crippen molar-refractivity contribution in [1.29, 1.82) is 0 Å². The van der Waals surface area contributed by atoms with Crippen molar-refractivity contribution in [2.45, 2.75) is 37.8 Å². The third-order valence-electron chi connectivity index (χ3n) is 5.03. The van der Waals surface area contributed by atoms with E-state index in [-0.39, 0.29) is 6.04 Å². The fourth-order valence-electron chi connectivity index (χ4n) is 3.90. The van der Waals surface area contributed by atoms with Crippen LogP contribution in [0.2, 0.25) is 0 Å². The second-order valence-electron chi connectivity index (χ2n) is 6.41. The molecule has 1 unspecified atom stereocenters. The molecule has 0 saturated heterocycles. The quantitative estimate of drug-likeness (QED) is 0.684. The van der Waals surface area contributed by atoms with Gasteiger partial charge in [0, 0.05) is 18.4 Å². The molecular weight excluding hydrogens is 316 g/mol. The van der Waals surface area contributed by atoms with Gasteiger partial charge in [-0.3, -0.25) is 4.57 Å². The van der Waals surface area contributed by atoms with Crippen LogP contribution in [0, 0.1) is 0 Å². The smallest absolute Gasteiger partial charge is 0.252 e. The molecule has 0 bridgehead atoms. The summed E-state index contributed by atoms with van der Waals surface area (Å²) in [5.74, 6) is 2.32. The van der Waals surface area contributed by atoms with Crippen LogP contribution in [0.5, 0.6) is 0 Å². The van der Waals surface area contributed by atoms with E-state index in [0.29, 0.717) is 12.0 Å². The summed E-state index contributed by atoms with van der Waals surface area (Å²) in [6.07, 6.45) is 13.8. The van der Waals surface area contributed by atoms with Crippen molar-refractivity contribution < 1.29 is 0 Å². The van der Waals surface area contributed by atoms with Gasteiger partial charge in [0.05, 0.1) is 6.20 Å². The Hall–Kier alpha value is -3.03. The number of nitrogens with zero attached hydrogens (tertiary/aromatic N) is 8. The molecule has 126 valence electrons. The Balaban J connectivity index is 1.72. The number of hydrogen-bond donors (Lipinski definition) is 0. The zero-order chi connectivity index (χ0) is 16.8. The average molecular weight is 334 g/mol. The number of anilines is 1. The summed E-state index contributed by atoms with van der Waals surface area (Å²) in [6, 6.07) is 2.24. The van der Waals surface area contributed by atoms with Gasteiger partial charge in [-0.1, -0.05) is 18.9 Å². The molecule has 1 atom stereocenters. The fraction of sp³-hybridized carbons (Fsp3) is 0.353. The highest BCUT2D eigenvalue weighted by molar-refractivity contribution is 5.63. The van der Waals surface area contributed by atoms with Gasteiger partial charge in [-0.25, -0.2) is 9.67 Å².